The fourth-order valence-corrected chi connectivity index (χ4v) is 1.37. The number of amidine groups is 1. The van der Waals surface area contributed by atoms with Crippen molar-refractivity contribution in [2.45, 2.75) is 19.4 Å². The Bertz CT molecular complexity index is 486. The van der Waals surface area contributed by atoms with Crippen molar-refractivity contribution in [1.82, 2.24) is 5.32 Å². The summed E-state index contributed by atoms with van der Waals surface area (Å²) in [5.74, 6) is 0.446. The van der Waals surface area contributed by atoms with Gasteiger partial charge in [0.1, 0.15) is 5.75 Å². The van der Waals surface area contributed by atoms with Gasteiger partial charge in [0.2, 0.25) is 0 Å². The van der Waals surface area contributed by atoms with Crippen LogP contribution in [0, 0.1) is 0 Å². The molecule has 0 aliphatic rings. The molecule has 19 heavy (non-hydrogen) atoms. The van der Waals surface area contributed by atoms with Crippen LogP contribution in [0.5, 0.6) is 5.75 Å². The molecule has 0 saturated carbocycles. The van der Waals surface area contributed by atoms with Gasteiger partial charge < -0.3 is 26.3 Å². The number of nitrogens with one attached hydrogen (secondary N) is 2. The Balaban J connectivity index is 2.76. The van der Waals surface area contributed by atoms with Crippen LogP contribution in [0.1, 0.15) is 13.8 Å². The second-order valence-corrected chi connectivity index (χ2v) is 4.39. The summed E-state index contributed by atoms with van der Waals surface area (Å²) in [5, 5.41) is 16.7. The van der Waals surface area contributed by atoms with Gasteiger partial charge in [0.05, 0.1) is 18.3 Å². The van der Waals surface area contributed by atoms with E-state index in [2.05, 4.69) is 15.8 Å². The second-order valence-electron chi connectivity index (χ2n) is 4.39. The minimum atomic E-state index is -0.971. The predicted octanol–water partition coefficient (Wildman–Crippen LogP) is 1.34. The first-order valence-electron chi connectivity index (χ1n) is 5.61. The quantitative estimate of drug-likeness (QED) is 0.285. The number of oxime groups is 1. The summed E-state index contributed by atoms with van der Waals surface area (Å²) in [6, 6.07) is 6.51. The van der Waals surface area contributed by atoms with E-state index in [9.17, 15) is 4.79 Å². The molecule has 2 amide bonds. The number of rotatable bonds is 4. The Morgan fingerprint density at radius 3 is 2.63 bits per heavy atom. The van der Waals surface area contributed by atoms with E-state index in [0.717, 1.165) is 0 Å². The SMILES string of the molecule is COc1ccccc1NC(=O)NC(C)(C)/C(N)=N/O. The number of hydrogen-bond acceptors (Lipinski definition) is 4. The minimum Gasteiger partial charge on any atom is -0.495 e. The molecule has 0 unspecified atom stereocenters. The van der Waals surface area contributed by atoms with Gasteiger partial charge in [0, 0.05) is 0 Å². The maximum absolute atomic E-state index is 11.8. The van der Waals surface area contributed by atoms with Crippen molar-refractivity contribution in [3.8, 4) is 5.75 Å². The van der Waals surface area contributed by atoms with E-state index in [4.69, 9.17) is 15.7 Å². The molecule has 0 fully saturated rings. The van der Waals surface area contributed by atoms with Crippen LogP contribution in [0.2, 0.25) is 0 Å². The van der Waals surface area contributed by atoms with E-state index < -0.39 is 11.6 Å². The van der Waals surface area contributed by atoms with Gasteiger partial charge in [0.15, 0.2) is 5.84 Å². The van der Waals surface area contributed by atoms with Crippen molar-refractivity contribution in [2.24, 2.45) is 10.9 Å². The molecule has 1 rings (SSSR count). The van der Waals surface area contributed by atoms with Crippen molar-refractivity contribution < 1.29 is 14.7 Å². The third-order valence-electron chi connectivity index (χ3n) is 2.53. The Morgan fingerprint density at radius 1 is 1.42 bits per heavy atom. The molecule has 0 bridgehead atoms. The molecule has 7 nitrogen and oxygen atoms in total. The van der Waals surface area contributed by atoms with Crippen LogP contribution in [0.15, 0.2) is 29.4 Å². The van der Waals surface area contributed by atoms with Gasteiger partial charge >= 0.3 is 6.03 Å². The average Bonchev–Trinajstić information content (AvgIpc) is 2.37. The third-order valence-corrected chi connectivity index (χ3v) is 2.53. The summed E-state index contributed by atoms with van der Waals surface area (Å²) in [6.07, 6.45) is 0. The number of para-hydroxylation sites is 2. The van der Waals surface area contributed by atoms with Gasteiger partial charge in [0.25, 0.3) is 0 Å². The van der Waals surface area contributed by atoms with E-state index in [1.54, 1.807) is 38.1 Å². The number of nitrogens with two attached hydrogens (primary N) is 1. The van der Waals surface area contributed by atoms with E-state index in [1.807, 2.05) is 0 Å². The fraction of sp³-hybridized carbons (Fsp3) is 0.333. The Morgan fingerprint density at radius 2 is 2.05 bits per heavy atom. The lowest BCUT2D eigenvalue weighted by Crippen LogP contribution is -2.54. The first-order chi connectivity index (χ1) is 8.90. The molecule has 0 saturated heterocycles. The molecule has 0 atom stereocenters. The van der Waals surface area contributed by atoms with Gasteiger partial charge in [-0.25, -0.2) is 4.79 Å². The average molecular weight is 266 g/mol. The monoisotopic (exact) mass is 266 g/mol. The van der Waals surface area contributed by atoms with E-state index in [1.165, 1.54) is 7.11 Å². The number of nitrogens with zero attached hydrogens (tertiary/aromatic N) is 1. The number of ether oxygens (including phenoxy) is 1. The number of urea groups is 1. The number of carbonyl (C=O) groups excluding carboxylic acids is 1. The second kappa shape index (κ2) is 5.94. The van der Waals surface area contributed by atoms with Gasteiger partial charge in [-0.2, -0.15) is 0 Å². The summed E-state index contributed by atoms with van der Waals surface area (Å²) >= 11 is 0. The van der Waals surface area contributed by atoms with Crippen molar-refractivity contribution in [1.29, 1.82) is 0 Å². The molecule has 0 aromatic heterocycles. The normalized spacial score (nSPS) is 11.8. The maximum Gasteiger partial charge on any atom is 0.320 e. The van der Waals surface area contributed by atoms with Crippen molar-refractivity contribution in [2.75, 3.05) is 12.4 Å². The number of methoxy groups -OCH3 is 1. The van der Waals surface area contributed by atoms with E-state index in [-0.39, 0.29) is 5.84 Å². The van der Waals surface area contributed by atoms with Gasteiger partial charge in [-0.05, 0) is 26.0 Å². The lowest BCUT2D eigenvalue weighted by atomic mass is 10.1. The highest BCUT2D eigenvalue weighted by Crippen LogP contribution is 2.22. The standard InChI is InChI=1S/C12H18N4O3/c1-12(2,10(13)16-18)15-11(17)14-8-6-4-5-7-9(8)19-3/h4-7,18H,1-3H3,(H2,13,16)(H2,14,15,17). The number of hydrogen-bond donors (Lipinski definition) is 4. The van der Waals surface area contributed by atoms with Gasteiger partial charge in [-0.1, -0.05) is 17.3 Å². The zero-order valence-corrected chi connectivity index (χ0v) is 11.1. The number of carbonyl (C=O) groups is 1. The van der Waals surface area contributed by atoms with Crippen LogP contribution in [-0.2, 0) is 0 Å². The molecular formula is C12H18N4O3. The molecule has 1 aromatic carbocycles. The van der Waals surface area contributed by atoms with Crippen molar-refractivity contribution >= 4 is 17.6 Å². The Kier molecular flexibility index (Phi) is 4.57. The largest absolute Gasteiger partial charge is 0.495 e. The summed E-state index contributed by atoms with van der Waals surface area (Å²) in [5.41, 5.74) is 5.04. The molecule has 7 heteroatoms. The van der Waals surface area contributed by atoms with E-state index in [0.29, 0.717) is 11.4 Å². The van der Waals surface area contributed by atoms with Crippen LogP contribution >= 0.6 is 0 Å². The van der Waals surface area contributed by atoms with Gasteiger partial charge in [-0.3, -0.25) is 0 Å². The number of benzene rings is 1. The molecule has 5 N–H and O–H groups in total. The molecule has 0 aliphatic carbocycles. The number of amides is 2. The lowest BCUT2D eigenvalue weighted by molar-refractivity contribution is 0.246. The highest BCUT2D eigenvalue weighted by Gasteiger charge is 2.25. The van der Waals surface area contributed by atoms with Crippen LogP contribution in [-0.4, -0.2) is 29.7 Å². The highest BCUT2D eigenvalue weighted by molar-refractivity contribution is 5.97. The Hall–Kier alpha value is -2.44. The first-order valence-corrected chi connectivity index (χ1v) is 5.61. The van der Waals surface area contributed by atoms with Crippen LogP contribution in [0.3, 0.4) is 0 Å². The maximum atomic E-state index is 11.8. The predicted molar refractivity (Wildman–Crippen MR) is 72.6 cm³/mol. The third kappa shape index (κ3) is 3.77. The molecule has 0 radical (unpaired) electrons. The highest BCUT2D eigenvalue weighted by atomic mass is 16.5. The summed E-state index contributed by atoms with van der Waals surface area (Å²) in [7, 11) is 1.51. The molecule has 1 aromatic rings. The van der Waals surface area contributed by atoms with Gasteiger partial charge in [-0.15, -0.1) is 0 Å². The Labute approximate surface area is 111 Å². The molecular weight excluding hydrogens is 248 g/mol. The fourth-order valence-electron chi connectivity index (χ4n) is 1.37. The molecule has 104 valence electrons. The van der Waals surface area contributed by atoms with Crippen molar-refractivity contribution in [3.05, 3.63) is 24.3 Å². The van der Waals surface area contributed by atoms with Crippen LogP contribution in [0.4, 0.5) is 10.5 Å². The summed E-state index contributed by atoms with van der Waals surface area (Å²) in [6.45, 7) is 3.23. The minimum absolute atomic E-state index is 0.0947. The summed E-state index contributed by atoms with van der Waals surface area (Å²) in [4.78, 5) is 11.8. The number of anilines is 1. The van der Waals surface area contributed by atoms with Crippen LogP contribution in [0.25, 0.3) is 0 Å². The zero-order valence-electron chi connectivity index (χ0n) is 11.1. The van der Waals surface area contributed by atoms with Crippen molar-refractivity contribution in [3.63, 3.8) is 0 Å². The lowest BCUT2D eigenvalue weighted by Gasteiger charge is -2.24. The summed E-state index contributed by atoms with van der Waals surface area (Å²) < 4.78 is 5.11. The van der Waals surface area contributed by atoms with Crippen LogP contribution < -0.4 is 21.1 Å². The van der Waals surface area contributed by atoms with E-state index >= 15 is 0 Å². The molecule has 0 aliphatic heterocycles. The topological polar surface area (TPSA) is 109 Å². The zero-order chi connectivity index (χ0) is 14.5. The smallest absolute Gasteiger partial charge is 0.320 e. The first kappa shape index (κ1) is 14.6. The molecule has 0 spiro atoms. The molecule has 0 heterocycles.